The lowest BCUT2D eigenvalue weighted by Crippen LogP contribution is -2.36. The van der Waals surface area contributed by atoms with Crippen LogP contribution in [-0.4, -0.2) is 27.0 Å². The van der Waals surface area contributed by atoms with E-state index in [0.29, 0.717) is 18.7 Å². The van der Waals surface area contributed by atoms with E-state index in [1.54, 1.807) is 6.92 Å². The molecule has 0 aliphatic heterocycles. The summed E-state index contributed by atoms with van der Waals surface area (Å²) in [6.45, 7) is 3.27. The molecular formula is C11H12ClF2NO4S. The largest absolute Gasteiger partial charge is 0.476 e. The normalized spacial score (nSPS) is 12.8. The van der Waals surface area contributed by atoms with E-state index >= 15 is 0 Å². The van der Waals surface area contributed by atoms with Crippen molar-refractivity contribution < 1.29 is 26.7 Å². The van der Waals surface area contributed by atoms with Crippen LogP contribution in [0.4, 0.5) is 8.78 Å². The Balaban J connectivity index is 3.21. The van der Waals surface area contributed by atoms with Crippen LogP contribution in [0.1, 0.15) is 13.8 Å². The number of nitrogens with one attached hydrogen (secondary N) is 1. The van der Waals surface area contributed by atoms with Gasteiger partial charge in [0.2, 0.25) is 0 Å². The number of ether oxygens (including phenoxy) is 1. The maximum Gasteiger partial charge on any atom is 0.265 e. The highest BCUT2D eigenvalue weighted by molar-refractivity contribution is 8.13. The molecule has 1 aromatic rings. The summed E-state index contributed by atoms with van der Waals surface area (Å²) in [5.41, 5.74) is 0. The maximum absolute atomic E-state index is 13.6. The molecule has 0 saturated carbocycles. The van der Waals surface area contributed by atoms with Crippen LogP contribution >= 0.6 is 10.7 Å². The van der Waals surface area contributed by atoms with Crippen molar-refractivity contribution >= 4 is 25.6 Å². The maximum atomic E-state index is 13.6. The Bertz CT molecular complexity index is 621. The van der Waals surface area contributed by atoms with E-state index in [-0.39, 0.29) is 0 Å². The zero-order valence-corrected chi connectivity index (χ0v) is 12.2. The van der Waals surface area contributed by atoms with E-state index in [4.69, 9.17) is 15.4 Å². The number of carbonyl (C=O) groups excluding carboxylic acids is 1. The minimum atomic E-state index is -4.43. The van der Waals surface area contributed by atoms with Gasteiger partial charge in [-0.15, -0.1) is 0 Å². The van der Waals surface area contributed by atoms with E-state index in [1.165, 1.54) is 6.92 Å². The monoisotopic (exact) mass is 327 g/mol. The second kappa shape index (κ2) is 6.36. The molecule has 1 aromatic carbocycles. The van der Waals surface area contributed by atoms with Crippen LogP contribution in [0, 0.1) is 11.6 Å². The van der Waals surface area contributed by atoms with E-state index in [2.05, 4.69) is 5.32 Å². The summed E-state index contributed by atoms with van der Waals surface area (Å²) in [5.74, 6) is -3.76. The lowest BCUT2D eigenvalue weighted by molar-refractivity contribution is -0.127. The molecule has 20 heavy (non-hydrogen) atoms. The third-order valence-electron chi connectivity index (χ3n) is 2.25. The molecule has 1 rings (SSSR count). The number of benzene rings is 1. The van der Waals surface area contributed by atoms with Crippen LogP contribution < -0.4 is 10.1 Å². The third-order valence-corrected chi connectivity index (χ3v) is 3.58. The van der Waals surface area contributed by atoms with Gasteiger partial charge in [0.25, 0.3) is 15.0 Å². The van der Waals surface area contributed by atoms with Gasteiger partial charge in [-0.2, -0.15) is 0 Å². The number of halogens is 3. The van der Waals surface area contributed by atoms with Gasteiger partial charge in [-0.05, 0) is 19.9 Å². The Hall–Kier alpha value is -1.41. The Morgan fingerprint density at radius 3 is 2.55 bits per heavy atom. The fourth-order valence-corrected chi connectivity index (χ4v) is 2.34. The topological polar surface area (TPSA) is 72.5 Å². The highest BCUT2D eigenvalue weighted by Crippen LogP contribution is 2.31. The van der Waals surface area contributed by atoms with Crippen molar-refractivity contribution in [2.75, 3.05) is 6.54 Å². The number of rotatable bonds is 5. The van der Waals surface area contributed by atoms with Crippen molar-refractivity contribution in [1.82, 2.24) is 5.32 Å². The number of likely N-dealkylation sites (N-methyl/N-ethyl adjacent to an activating group) is 1. The highest BCUT2D eigenvalue weighted by Gasteiger charge is 2.25. The number of carbonyl (C=O) groups is 1. The van der Waals surface area contributed by atoms with Crippen molar-refractivity contribution in [3.8, 4) is 5.75 Å². The van der Waals surface area contributed by atoms with Gasteiger partial charge in [-0.25, -0.2) is 17.2 Å². The fraction of sp³-hybridized carbons (Fsp3) is 0.364. The summed E-state index contributed by atoms with van der Waals surface area (Å²) in [6.07, 6.45) is -1.17. The van der Waals surface area contributed by atoms with Crippen molar-refractivity contribution in [1.29, 1.82) is 0 Å². The average Bonchev–Trinajstić information content (AvgIpc) is 2.31. The highest BCUT2D eigenvalue weighted by atomic mass is 35.7. The minimum Gasteiger partial charge on any atom is -0.476 e. The van der Waals surface area contributed by atoms with Gasteiger partial charge in [-0.3, -0.25) is 4.79 Å². The zero-order valence-electron chi connectivity index (χ0n) is 10.6. The van der Waals surface area contributed by atoms with Crippen molar-refractivity contribution in [3.05, 3.63) is 23.8 Å². The van der Waals surface area contributed by atoms with Crippen LogP contribution in [0.2, 0.25) is 0 Å². The zero-order chi connectivity index (χ0) is 15.5. The summed E-state index contributed by atoms with van der Waals surface area (Å²) >= 11 is 0. The molecule has 0 aliphatic rings. The lowest BCUT2D eigenvalue weighted by atomic mass is 10.3. The van der Waals surface area contributed by atoms with Gasteiger partial charge in [0.1, 0.15) is 10.7 Å². The molecule has 0 bridgehead atoms. The molecule has 0 aliphatic carbocycles. The van der Waals surface area contributed by atoms with E-state index in [0.717, 1.165) is 0 Å². The molecule has 0 fully saturated rings. The second-order valence-electron chi connectivity index (χ2n) is 3.81. The van der Waals surface area contributed by atoms with Crippen LogP contribution in [-0.2, 0) is 13.8 Å². The van der Waals surface area contributed by atoms with E-state index in [1.807, 2.05) is 0 Å². The first-order chi connectivity index (χ1) is 9.16. The summed E-state index contributed by atoms with van der Waals surface area (Å²) < 4.78 is 54.2. The van der Waals surface area contributed by atoms with Gasteiger partial charge in [0, 0.05) is 23.3 Å². The molecule has 0 aromatic heterocycles. The minimum absolute atomic E-state index is 0.319. The molecule has 0 spiro atoms. The average molecular weight is 328 g/mol. The molecule has 1 N–H and O–H groups in total. The Morgan fingerprint density at radius 2 is 2.05 bits per heavy atom. The first-order valence-electron chi connectivity index (χ1n) is 5.55. The third kappa shape index (κ3) is 4.04. The van der Waals surface area contributed by atoms with Crippen molar-refractivity contribution in [3.63, 3.8) is 0 Å². The van der Waals surface area contributed by atoms with Gasteiger partial charge < -0.3 is 10.1 Å². The molecular weight excluding hydrogens is 316 g/mol. The predicted octanol–water partition coefficient (Wildman–Crippen LogP) is 1.80. The van der Waals surface area contributed by atoms with Gasteiger partial charge >= 0.3 is 0 Å². The number of hydrogen-bond acceptors (Lipinski definition) is 4. The van der Waals surface area contributed by atoms with E-state index < -0.39 is 43.3 Å². The van der Waals surface area contributed by atoms with Crippen molar-refractivity contribution in [2.24, 2.45) is 0 Å². The van der Waals surface area contributed by atoms with E-state index in [9.17, 15) is 22.0 Å². The van der Waals surface area contributed by atoms with Crippen LogP contribution in [0.3, 0.4) is 0 Å². The molecule has 0 radical (unpaired) electrons. The Labute approximate surface area is 119 Å². The number of hydrogen-bond donors (Lipinski definition) is 1. The molecule has 0 heterocycles. The van der Waals surface area contributed by atoms with Crippen LogP contribution in [0.15, 0.2) is 17.0 Å². The first kappa shape index (κ1) is 16.6. The fourth-order valence-electron chi connectivity index (χ4n) is 1.38. The van der Waals surface area contributed by atoms with Gasteiger partial charge in [0.05, 0.1) is 0 Å². The lowest BCUT2D eigenvalue weighted by Gasteiger charge is -2.16. The molecule has 1 amide bonds. The Morgan fingerprint density at radius 1 is 1.45 bits per heavy atom. The molecule has 1 atom stereocenters. The number of amides is 1. The first-order valence-corrected chi connectivity index (χ1v) is 7.85. The predicted molar refractivity (Wildman–Crippen MR) is 68.2 cm³/mol. The summed E-state index contributed by atoms with van der Waals surface area (Å²) in [4.78, 5) is 10.6. The molecule has 112 valence electrons. The summed E-state index contributed by atoms with van der Waals surface area (Å²) in [6, 6.07) is 0.955. The molecule has 9 heteroatoms. The smallest absolute Gasteiger partial charge is 0.265 e. The van der Waals surface area contributed by atoms with Crippen molar-refractivity contribution in [2.45, 2.75) is 24.8 Å². The standard InChI is InChI=1S/C11H12ClF2NO4S/c1-3-15-11(16)6(2)19-10-8(14)4-7(13)5-9(10)20(12,17)18/h4-6H,3H2,1-2H3,(H,15,16). The summed E-state index contributed by atoms with van der Waals surface area (Å²) in [7, 11) is 0.664. The quantitative estimate of drug-likeness (QED) is 0.837. The van der Waals surface area contributed by atoms with Crippen LogP contribution in [0.25, 0.3) is 0 Å². The van der Waals surface area contributed by atoms with Crippen LogP contribution in [0.5, 0.6) is 5.75 Å². The second-order valence-corrected chi connectivity index (χ2v) is 6.34. The van der Waals surface area contributed by atoms with Gasteiger partial charge in [-0.1, -0.05) is 0 Å². The SMILES string of the molecule is CCNC(=O)C(C)Oc1c(F)cc(F)cc1S(=O)(=O)Cl. The van der Waals surface area contributed by atoms with Gasteiger partial charge in [0.15, 0.2) is 17.7 Å². The Kier molecular flexibility index (Phi) is 5.29. The molecule has 0 saturated heterocycles. The molecule has 1 unspecified atom stereocenters. The molecule has 5 nitrogen and oxygen atoms in total. The summed E-state index contributed by atoms with van der Waals surface area (Å²) in [5, 5.41) is 2.41.